The molecule has 0 aromatic carbocycles. The lowest BCUT2D eigenvalue weighted by Crippen LogP contribution is -2.21. The Morgan fingerprint density at radius 3 is 2.75 bits per heavy atom. The number of esters is 1. The Morgan fingerprint density at radius 1 is 1.67 bits per heavy atom. The van der Waals surface area contributed by atoms with Crippen LogP contribution in [-0.2, 0) is 14.3 Å². The molecule has 0 aromatic heterocycles. The number of hydrogen-bond acceptors (Lipinski definition) is 3. The Bertz CT molecular complexity index is 202. The van der Waals surface area contributed by atoms with Gasteiger partial charge in [0.25, 0.3) is 0 Å². The number of hydrogen-bond donors (Lipinski definition) is 0. The zero-order valence-corrected chi connectivity index (χ0v) is 8.46. The van der Waals surface area contributed by atoms with Crippen molar-refractivity contribution < 1.29 is 14.3 Å². The van der Waals surface area contributed by atoms with Gasteiger partial charge in [0.05, 0.1) is 12.5 Å². The number of ether oxygens (including phenoxy) is 1. The van der Waals surface area contributed by atoms with Gasteiger partial charge >= 0.3 is 5.97 Å². The number of carbonyl (C=O) groups is 2. The van der Waals surface area contributed by atoms with Crippen molar-refractivity contribution in [1.82, 2.24) is 0 Å². The molecule has 0 aliphatic heterocycles. The monoisotopic (exact) mass is 234 g/mol. The molecule has 1 rings (SSSR count). The van der Waals surface area contributed by atoms with E-state index in [4.69, 9.17) is 4.74 Å². The first-order valence-electron chi connectivity index (χ1n) is 3.97. The SMILES string of the molecule is CCOC(=O)C1CC(=O)CC1Br. The third kappa shape index (κ3) is 2.06. The van der Waals surface area contributed by atoms with Crippen LogP contribution in [0.4, 0.5) is 0 Å². The van der Waals surface area contributed by atoms with Gasteiger partial charge in [-0.25, -0.2) is 0 Å². The number of halogens is 1. The predicted octanol–water partition coefficient (Wildman–Crippen LogP) is 1.29. The minimum Gasteiger partial charge on any atom is -0.466 e. The second-order valence-corrected chi connectivity index (χ2v) is 4.00. The van der Waals surface area contributed by atoms with Crippen molar-refractivity contribution >= 4 is 27.7 Å². The Balaban J connectivity index is 2.52. The molecule has 0 aromatic rings. The van der Waals surface area contributed by atoms with Gasteiger partial charge in [-0.05, 0) is 6.92 Å². The van der Waals surface area contributed by atoms with Gasteiger partial charge in [0.15, 0.2) is 0 Å². The van der Waals surface area contributed by atoms with Gasteiger partial charge in [-0.3, -0.25) is 9.59 Å². The molecular weight excluding hydrogens is 224 g/mol. The Morgan fingerprint density at radius 2 is 2.33 bits per heavy atom. The Hall–Kier alpha value is -0.380. The summed E-state index contributed by atoms with van der Waals surface area (Å²) in [6.07, 6.45) is 0.776. The van der Waals surface area contributed by atoms with E-state index in [-0.39, 0.29) is 22.5 Å². The van der Waals surface area contributed by atoms with Gasteiger partial charge in [0.1, 0.15) is 5.78 Å². The van der Waals surface area contributed by atoms with Crippen molar-refractivity contribution in [3.8, 4) is 0 Å². The maximum atomic E-state index is 11.2. The van der Waals surface area contributed by atoms with E-state index < -0.39 is 0 Å². The van der Waals surface area contributed by atoms with E-state index in [9.17, 15) is 9.59 Å². The fourth-order valence-corrected chi connectivity index (χ4v) is 2.06. The summed E-state index contributed by atoms with van der Waals surface area (Å²) in [5.74, 6) is -0.391. The molecule has 1 aliphatic carbocycles. The average Bonchev–Trinajstić information content (AvgIpc) is 2.30. The smallest absolute Gasteiger partial charge is 0.310 e. The maximum Gasteiger partial charge on any atom is 0.310 e. The van der Waals surface area contributed by atoms with Crippen molar-refractivity contribution in [1.29, 1.82) is 0 Å². The van der Waals surface area contributed by atoms with Gasteiger partial charge in [0.2, 0.25) is 0 Å². The summed E-state index contributed by atoms with van der Waals surface area (Å²) >= 11 is 3.29. The normalized spacial score (nSPS) is 29.0. The molecule has 2 atom stereocenters. The largest absolute Gasteiger partial charge is 0.466 e. The first kappa shape index (κ1) is 9.71. The molecule has 3 nitrogen and oxygen atoms in total. The second-order valence-electron chi connectivity index (χ2n) is 2.82. The minimum atomic E-state index is -0.266. The molecule has 0 N–H and O–H groups in total. The fraction of sp³-hybridized carbons (Fsp3) is 0.750. The molecule has 1 fully saturated rings. The lowest BCUT2D eigenvalue weighted by Gasteiger charge is -2.10. The molecule has 0 radical (unpaired) electrons. The van der Waals surface area contributed by atoms with E-state index >= 15 is 0 Å². The summed E-state index contributed by atoms with van der Waals surface area (Å²) in [6, 6.07) is 0. The number of rotatable bonds is 2. The molecule has 0 bridgehead atoms. The van der Waals surface area contributed by atoms with E-state index in [1.807, 2.05) is 0 Å². The molecular formula is C8H11BrO3. The topological polar surface area (TPSA) is 43.4 Å². The van der Waals surface area contributed by atoms with Crippen LogP contribution in [0.25, 0.3) is 0 Å². The molecule has 1 aliphatic rings. The lowest BCUT2D eigenvalue weighted by atomic mass is 10.1. The molecule has 4 heteroatoms. The molecule has 0 saturated heterocycles. The van der Waals surface area contributed by atoms with Crippen LogP contribution in [0.2, 0.25) is 0 Å². The summed E-state index contributed by atoms with van der Waals surface area (Å²) < 4.78 is 4.82. The van der Waals surface area contributed by atoms with Crippen LogP contribution in [0.5, 0.6) is 0 Å². The maximum absolute atomic E-state index is 11.2. The fourth-order valence-electron chi connectivity index (χ4n) is 1.30. The molecule has 0 amide bonds. The van der Waals surface area contributed by atoms with E-state index in [2.05, 4.69) is 15.9 Å². The summed E-state index contributed by atoms with van der Waals surface area (Å²) in [6.45, 7) is 2.14. The lowest BCUT2D eigenvalue weighted by molar-refractivity contribution is -0.148. The van der Waals surface area contributed by atoms with Crippen molar-refractivity contribution in [2.45, 2.75) is 24.6 Å². The second kappa shape index (κ2) is 4.03. The van der Waals surface area contributed by atoms with Crippen LogP contribution in [0.1, 0.15) is 19.8 Å². The highest BCUT2D eigenvalue weighted by molar-refractivity contribution is 9.09. The molecule has 0 spiro atoms. The van der Waals surface area contributed by atoms with Gasteiger partial charge in [0, 0.05) is 17.7 Å². The molecule has 2 unspecified atom stereocenters. The van der Waals surface area contributed by atoms with Crippen molar-refractivity contribution in [2.75, 3.05) is 6.61 Å². The molecule has 12 heavy (non-hydrogen) atoms. The van der Waals surface area contributed by atoms with Gasteiger partial charge < -0.3 is 4.74 Å². The van der Waals surface area contributed by atoms with Crippen molar-refractivity contribution in [3.05, 3.63) is 0 Å². The third-order valence-electron chi connectivity index (χ3n) is 1.90. The molecule has 1 saturated carbocycles. The highest BCUT2D eigenvalue weighted by Gasteiger charge is 2.37. The van der Waals surface area contributed by atoms with E-state index in [1.54, 1.807) is 6.92 Å². The van der Waals surface area contributed by atoms with Crippen LogP contribution in [-0.4, -0.2) is 23.2 Å². The summed E-state index contributed by atoms with van der Waals surface area (Å²) in [5.41, 5.74) is 0. The average molecular weight is 235 g/mol. The van der Waals surface area contributed by atoms with Gasteiger partial charge in [-0.2, -0.15) is 0 Å². The van der Waals surface area contributed by atoms with Gasteiger partial charge in [-0.15, -0.1) is 0 Å². The Kier molecular flexibility index (Phi) is 3.26. The zero-order chi connectivity index (χ0) is 9.14. The van der Waals surface area contributed by atoms with Crippen LogP contribution in [0.15, 0.2) is 0 Å². The first-order valence-corrected chi connectivity index (χ1v) is 4.89. The zero-order valence-electron chi connectivity index (χ0n) is 6.88. The summed E-state index contributed by atoms with van der Waals surface area (Å²) in [7, 11) is 0. The quantitative estimate of drug-likeness (QED) is 0.535. The first-order chi connectivity index (χ1) is 5.65. The van der Waals surface area contributed by atoms with Crippen LogP contribution in [0.3, 0.4) is 0 Å². The van der Waals surface area contributed by atoms with Crippen LogP contribution >= 0.6 is 15.9 Å². The highest BCUT2D eigenvalue weighted by Crippen LogP contribution is 2.29. The van der Waals surface area contributed by atoms with Crippen molar-refractivity contribution in [2.24, 2.45) is 5.92 Å². The van der Waals surface area contributed by atoms with E-state index in [1.165, 1.54) is 0 Å². The van der Waals surface area contributed by atoms with E-state index in [0.29, 0.717) is 19.4 Å². The van der Waals surface area contributed by atoms with Gasteiger partial charge in [-0.1, -0.05) is 15.9 Å². The van der Waals surface area contributed by atoms with Crippen LogP contribution in [0, 0.1) is 5.92 Å². The Labute approximate surface area is 79.6 Å². The number of ketones is 1. The third-order valence-corrected chi connectivity index (χ3v) is 2.86. The van der Waals surface area contributed by atoms with E-state index in [0.717, 1.165) is 0 Å². The summed E-state index contributed by atoms with van der Waals surface area (Å²) in [5, 5.41) is 0. The number of Topliss-reactive ketones (excluding diaryl/α,β-unsaturated/α-hetero) is 1. The predicted molar refractivity (Wildman–Crippen MR) is 47.1 cm³/mol. The van der Waals surface area contributed by atoms with Crippen LogP contribution < -0.4 is 0 Å². The standard InChI is InChI=1S/C8H11BrO3/c1-2-12-8(11)6-3-5(10)4-7(6)9/h6-7H,2-4H2,1H3. The molecule has 68 valence electrons. The molecule has 0 heterocycles. The highest BCUT2D eigenvalue weighted by atomic mass is 79.9. The minimum absolute atomic E-state index is 0.0240. The van der Waals surface area contributed by atoms with Crippen molar-refractivity contribution in [3.63, 3.8) is 0 Å². The summed E-state index contributed by atoms with van der Waals surface area (Å²) in [4.78, 5) is 22.1. The number of carbonyl (C=O) groups excluding carboxylic acids is 2. The number of alkyl halides is 1.